The molecule has 108 valence electrons. The van der Waals surface area contributed by atoms with Gasteiger partial charge in [-0.25, -0.2) is 4.79 Å². The molecule has 0 radical (unpaired) electrons. The van der Waals surface area contributed by atoms with E-state index in [1.54, 1.807) is 23.1 Å². The molecule has 0 fully saturated rings. The summed E-state index contributed by atoms with van der Waals surface area (Å²) in [5, 5.41) is 9.03. The van der Waals surface area contributed by atoms with Crippen LogP contribution in [0.5, 0.6) is 0 Å². The number of rotatable bonds is 5. The molecule has 1 aliphatic rings. The van der Waals surface area contributed by atoms with E-state index in [1.165, 1.54) is 0 Å². The molecular weight excluding hydrogens is 256 g/mol. The average molecular weight is 276 g/mol. The Balaban J connectivity index is 2.12. The smallest absolute Gasteiger partial charge is 0.335 e. The molecule has 0 spiro atoms. The number of hydrogen-bond donors (Lipinski definition) is 2. The second-order valence-electron chi connectivity index (χ2n) is 5.32. The number of aromatic carboxylic acids is 1. The molecule has 5 heteroatoms. The molecule has 2 rings (SSSR count). The third-order valence-corrected chi connectivity index (χ3v) is 3.78. The van der Waals surface area contributed by atoms with Gasteiger partial charge in [0.05, 0.1) is 5.56 Å². The lowest BCUT2D eigenvalue weighted by Crippen LogP contribution is -2.29. The van der Waals surface area contributed by atoms with Crippen LogP contribution in [0.4, 0.5) is 5.69 Å². The van der Waals surface area contributed by atoms with Crippen LogP contribution in [0.2, 0.25) is 0 Å². The Morgan fingerprint density at radius 2 is 2.20 bits per heavy atom. The Bertz CT molecular complexity index is 528. The molecular formula is C15H20N2O3. The number of benzene rings is 1. The number of nitrogens with zero attached hydrogens (tertiary/aromatic N) is 1. The van der Waals surface area contributed by atoms with Crippen molar-refractivity contribution in [2.45, 2.75) is 26.2 Å². The van der Waals surface area contributed by atoms with Crippen LogP contribution in [0.15, 0.2) is 18.2 Å². The highest BCUT2D eigenvalue weighted by Gasteiger charge is 2.25. The zero-order chi connectivity index (χ0) is 14.7. The summed E-state index contributed by atoms with van der Waals surface area (Å²) in [6, 6.07) is 4.98. The van der Waals surface area contributed by atoms with Crippen molar-refractivity contribution in [2.24, 2.45) is 11.7 Å². The molecule has 20 heavy (non-hydrogen) atoms. The second kappa shape index (κ2) is 6.05. The first-order valence-corrected chi connectivity index (χ1v) is 6.89. The van der Waals surface area contributed by atoms with Gasteiger partial charge in [0.1, 0.15) is 0 Å². The van der Waals surface area contributed by atoms with E-state index in [2.05, 4.69) is 0 Å². The van der Waals surface area contributed by atoms with Gasteiger partial charge in [-0.2, -0.15) is 0 Å². The van der Waals surface area contributed by atoms with Gasteiger partial charge in [-0.3, -0.25) is 4.79 Å². The Labute approximate surface area is 118 Å². The number of carboxylic acids is 1. The fourth-order valence-corrected chi connectivity index (χ4v) is 2.39. The number of fused-ring (bicyclic) bond motifs is 1. The van der Waals surface area contributed by atoms with Crippen molar-refractivity contribution >= 4 is 17.6 Å². The summed E-state index contributed by atoms with van der Waals surface area (Å²) in [5.74, 6) is -0.596. The number of carboxylic acid groups (broad SMARTS) is 1. The van der Waals surface area contributed by atoms with Gasteiger partial charge in [-0.15, -0.1) is 0 Å². The number of carbonyl (C=O) groups excluding carboxylic acids is 1. The van der Waals surface area contributed by atoms with Crippen molar-refractivity contribution in [2.75, 3.05) is 18.0 Å². The quantitative estimate of drug-likeness (QED) is 0.856. The molecule has 1 aromatic carbocycles. The average Bonchev–Trinajstić information content (AvgIpc) is 2.87. The minimum atomic E-state index is -0.969. The summed E-state index contributed by atoms with van der Waals surface area (Å²) >= 11 is 0. The van der Waals surface area contributed by atoms with Crippen LogP contribution < -0.4 is 10.6 Å². The maximum atomic E-state index is 12.2. The summed E-state index contributed by atoms with van der Waals surface area (Å²) in [4.78, 5) is 25.0. The van der Waals surface area contributed by atoms with Gasteiger partial charge in [0, 0.05) is 18.7 Å². The molecule has 5 nitrogen and oxygen atoms in total. The first kappa shape index (κ1) is 14.5. The molecule has 1 atom stereocenters. The Hall–Kier alpha value is -1.88. The SMILES string of the molecule is CC(CN)CCC(=O)N1CCc2ccc(C(=O)O)cc21. The fourth-order valence-electron chi connectivity index (χ4n) is 2.39. The number of nitrogens with two attached hydrogens (primary N) is 1. The van der Waals surface area contributed by atoms with E-state index in [9.17, 15) is 9.59 Å². The number of anilines is 1. The van der Waals surface area contributed by atoms with E-state index in [-0.39, 0.29) is 11.5 Å². The Morgan fingerprint density at radius 1 is 1.45 bits per heavy atom. The Kier molecular flexibility index (Phi) is 4.39. The van der Waals surface area contributed by atoms with Crippen LogP contribution >= 0.6 is 0 Å². The monoisotopic (exact) mass is 276 g/mol. The molecule has 0 aromatic heterocycles. The minimum absolute atomic E-state index is 0.0478. The van der Waals surface area contributed by atoms with Crippen LogP contribution in [-0.2, 0) is 11.2 Å². The predicted octanol–water partition coefficient (Wildman–Crippen LogP) is 1.65. The third-order valence-electron chi connectivity index (χ3n) is 3.78. The summed E-state index contributed by atoms with van der Waals surface area (Å²) in [5.41, 5.74) is 7.56. The molecule has 1 heterocycles. The predicted molar refractivity (Wildman–Crippen MR) is 76.9 cm³/mol. The highest BCUT2D eigenvalue weighted by atomic mass is 16.4. The maximum Gasteiger partial charge on any atom is 0.335 e. The highest BCUT2D eigenvalue weighted by molar-refractivity contribution is 5.97. The molecule has 3 N–H and O–H groups in total. The topological polar surface area (TPSA) is 83.6 Å². The molecule has 0 aliphatic carbocycles. The van der Waals surface area contributed by atoms with Gasteiger partial charge in [0.15, 0.2) is 0 Å². The first-order valence-electron chi connectivity index (χ1n) is 6.89. The molecule has 0 bridgehead atoms. The maximum absolute atomic E-state index is 12.2. The fraction of sp³-hybridized carbons (Fsp3) is 0.467. The molecule has 1 aromatic rings. The van der Waals surface area contributed by atoms with E-state index < -0.39 is 5.97 Å². The summed E-state index contributed by atoms with van der Waals surface area (Å²) in [6.45, 7) is 3.23. The van der Waals surface area contributed by atoms with Crippen LogP contribution in [0.3, 0.4) is 0 Å². The Morgan fingerprint density at radius 3 is 2.85 bits per heavy atom. The highest BCUT2D eigenvalue weighted by Crippen LogP contribution is 2.30. The van der Waals surface area contributed by atoms with E-state index in [1.807, 2.05) is 6.92 Å². The van der Waals surface area contributed by atoms with Crippen LogP contribution in [0, 0.1) is 5.92 Å². The van der Waals surface area contributed by atoms with Gasteiger partial charge < -0.3 is 15.7 Å². The standard InChI is InChI=1S/C15H20N2O3/c1-10(9-16)2-5-14(18)17-7-6-11-3-4-12(15(19)20)8-13(11)17/h3-4,8,10H,2,5-7,9,16H2,1H3,(H,19,20). The van der Waals surface area contributed by atoms with Crippen molar-refractivity contribution in [3.05, 3.63) is 29.3 Å². The van der Waals surface area contributed by atoms with Gasteiger partial charge in [0.2, 0.25) is 5.91 Å². The lowest BCUT2D eigenvalue weighted by molar-refractivity contribution is -0.118. The molecule has 1 amide bonds. The lowest BCUT2D eigenvalue weighted by atomic mass is 10.1. The summed E-state index contributed by atoms with van der Waals surface area (Å²) in [6.07, 6.45) is 2.00. The minimum Gasteiger partial charge on any atom is -0.478 e. The molecule has 0 saturated heterocycles. The van der Waals surface area contributed by atoms with Crippen LogP contribution in [0.25, 0.3) is 0 Å². The van der Waals surface area contributed by atoms with Crippen LogP contribution in [-0.4, -0.2) is 30.1 Å². The normalized spacial score (nSPS) is 15.0. The number of amides is 1. The number of hydrogen-bond acceptors (Lipinski definition) is 3. The summed E-state index contributed by atoms with van der Waals surface area (Å²) < 4.78 is 0. The van der Waals surface area contributed by atoms with Crippen molar-refractivity contribution in [1.82, 2.24) is 0 Å². The second-order valence-corrected chi connectivity index (χ2v) is 5.32. The summed E-state index contributed by atoms with van der Waals surface area (Å²) in [7, 11) is 0. The van der Waals surface area contributed by atoms with Gasteiger partial charge >= 0.3 is 5.97 Å². The molecule has 0 saturated carbocycles. The van der Waals surface area contributed by atoms with E-state index >= 15 is 0 Å². The van der Waals surface area contributed by atoms with Gasteiger partial charge in [-0.1, -0.05) is 13.0 Å². The van der Waals surface area contributed by atoms with Gasteiger partial charge in [-0.05, 0) is 43.0 Å². The molecule has 1 aliphatic heterocycles. The van der Waals surface area contributed by atoms with Crippen molar-refractivity contribution in [3.8, 4) is 0 Å². The zero-order valence-electron chi connectivity index (χ0n) is 11.6. The zero-order valence-corrected chi connectivity index (χ0v) is 11.6. The van der Waals surface area contributed by atoms with Crippen molar-refractivity contribution < 1.29 is 14.7 Å². The van der Waals surface area contributed by atoms with Crippen LogP contribution in [0.1, 0.15) is 35.7 Å². The largest absolute Gasteiger partial charge is 0.478 e. The van der Waals surface area contributed by atoms with Gasteiger partial charge in [0.25, 0.3) is 0 Å². The third kappa shape index (κ3) is 2.99. The first-order chi connectivity index (χ1) is 9.52. The van der Waals surface area contributed by atoms with E-state index in [0.717, 1.165) is 24.1 Å². The van der Waals surface area contributed by atoms with E-state index in [0.29, 0.717) is 25.4 Å². The number of carbonyl (C=O) groups is 2. The van der Waals surface area contributed by atoms with Crippen molar-refractivity contribution in [1.29, 1.82) is 0 Å². The molecule has 1 unspecified atom stereocenters. The van der Waals surface area contributed by atoms with E-state index in [4.69, 9.17) is 10.8 Å². The lowest BCUT2D eigenvalue weighted by Gasteiger charge is -2.18. The van der Waals surface area contributed by atoms with Crippen molar-refractivity contribution in [3.63, 3.8) is 0 Å².